The first kappa shape index (κ1) is 18.6. The van der Waals surface area contributed by atoms with Gasteiger partial charge < -0.3 is 14.1 Å². The van der Waals surface area contributed by atoms with E-state index < -0.39 is 11.2 Å². The number of rotatable bonds is 1. The second-order valence-corrected chi connectivity index (χ2v) is 8.16. The van der Waals surface area contributed by atoms with Crippen LogP contribution >= 0.6 is 0 Å². The van der Waals surface area contributed by atoms with E-state index in [-0.39, 0.29) is 17.3 Å². The number of Topliss-reactive ketones (excluding diaryl/α,β-unsaturated/α-hetero) is 1. The third-order valence-corrected chi connectivity index (χ3v) is 6.08. The molecule has 0 bridgehead atoms. The maximum atomic E-state index is 13.0. The number of carbonyl (C=O) groups is 2. The fourth-order valence-electron chi connectivity index (χ4n) is 4.39. The molecule has 3 heterocycles. The number of carbonyl (C=O) groups excluding carboxylic acids is 2. The van der Waals surface area contributed by atoms with Gasteiger partial charge in [-0.2, -0.15) is 0 Å². The van der Waals surface area contributed by atoms with Crippen molar-refractivity contribution in [3.63, 3.8) is 0 Å². The molecular formula is C24H21NO5. The minimum absolute atomic E-state index is 0.0334. The number of benzene rings is 2. The van der Waals surface area contributed by atoms with Crippen molar-refractivity contribution < 1.29 is 18.7 Å². The quantitative estimate of drug-likeness (QED) is 0.579. The number of likely N-dealkylation sites (tertiary alicyclic amines) is 1. The standard InChI is InChI=1S/C24H21NO5/c1-15-6-7-21-17(12-15)19(26)14-24(30-21)8-10-25(11-9-24)22(27)18-13-16-4-2-3-5-20(16)29-23(18)28/h2-7,12-13H,8-11,14H2,1H3. The summed E-state index contributed by atoms with van der Waals surface area (Å²) < 4.78 is 11.6. The molecule has 6 nitrogen and oxygen atoms in total. The number of ketones is 1. The molecule has 2 aliphatic heterocycles. The van der Waals surface area contributed by atoms with Crippen molar-refractivity contribution in [3.05, 3.63) is 75.6 Å². The van der Waals surface area contributed by atoms with Gasteiger partial charge >= 0.3 is 5.63 Å². The highest BCUT2D eigenvalue weighted by molar-refractivity contribution is 6.00. The average molecular weight is 403 g/mol. The third-order valence-electron chi connectivity index (χ3n) is 6.08. The molecule has 0 radical (unpaired) electrons. The summed E-state index contributed by atoms with van der Waals surface area (Å²) in [4.78, 5) is 39.7. The van der Waals surface area contributed by atoms with Crippen LogP contribution in [0.5, 0.6) is 5.75 Å². The predicted molar refractivity (Wildman–Crippen MR) is 111 cm³/mol. The molecule has 0 atom stereocenters. The summed E-state index contributed by atoms with van der Waals surface area (Å²) in [6.45, 7) is 2.78. The molecule has 3 aromatic rings. The van der Waals surface area contributed by atoms with Crippen LogP contribution < -0.4 is 10.4 Å². The van der Waals surface area contributed by atoms with Gasteiger partial charge in [0, 0.05) is 31.3 Å². The van der Waals surface area contributed by atoms with Crippen LogP contribution in [0.2, 0.25) is 0 Å². The van der Waals surface area contributed by atoms with E-state index in [4.69, 9.17) is 9.15 Å². The van der Waals surface area contributed by atoms with Gasteiger partial charge in [0.2, 0.25) is 0 Å². The molecule has 1 aromatic heterocycles. The number of hydrogen-bond acceptors (Lipinski definition) is 5. The Hall–Kier alpha value is -3.41. The highest BCUT2D eigenvalue weighted by atomic mass is 16.5. The van der Waals surface area contributed by atoms with Crippen LogP contribution in [-0.2, 0) is 0 Å². The lowest BCUT2D eigenvalue weighted by atomic mass is 9.82. The minimum atomic E-state index is -0.632. The number of hydrogen-bond donors (Lipinski definition) is 0. The summed E-state index contributed by atoms with van der Waals surface area (Å²) >= 11 is 0. The Balaban J connectivity index is 1.36. The molecule has 0 saturated carbocycles. The second-order valence-electron chi connectivity index (χ2n) is 8.16. The Labute approximate surface area is 173 Å². The van der Waals surface area contributed by atoms with Crippen molar-refractivity contribution in [3.8, 4) is 5.75 Å². The zero-order valence-corrected chi connectivity index (χ0v) is 16.6. The molecule has 2 aromatic carbocycles. The highest BCUT2D eigenvalue weighted by Crippen LogP contribution is 2.39. The first-order valence-electron chi connectivity index (χ1n) is 10.1. The zero-order valence-electron chi connectivity index (χ0n) is 16.6. The summed E-state index contributed by atoms with van der Waals surface area (Å²) in [5, 5.41) is 0.710. The molecule has 152 valence electrons. The van der Waals surface area contributed by atoms with Crippen LogP contribution in [0.25, 0.3) is 11.0 Å². The van der Waals surface area contributed by atoms with Crippen LogP contribution in [-0.4, -0.2) is 35.3 Å². The van der Waals surface area contributed by atoms with Crippen LogP contribution in [0.1, 0.15) is 45.5 Å². The fourth-order valence-corrected chi connectivity index (χ4v) is 4.39. The lowest BCUT2D eigenvalue weighted by Crippen LogP contribution is -2.52. The van der Waals surface area contributed by atoms with Gasteiger partial charge in [0.15, 0.2) is 5.78 Å². The number of nitrogens with zero attached hydrogens (tertiary/aromatic N) is 1. The molecule has 1 fully saturated rings. The number of para-hydroxylation sites is 1. The Kier molecular flexibility index (Phi) is 4.24. The van der Waals surface area contributed by atoms with E-state index in [2.05, 4.69) is 0 Å². The molecule has 0 unspecified atom stereocenters. The molecule has 0 aliphatic carbocycles. The Morgan fingerprint density at radius 1 is 1.03 bits per heavy atom. The summed E-state index contributed by atoms with van der Waals surface area (Å²) in [5.41, 5.74) is 0.923. The van der Waals surface area contributed by atoms with Gasteiger partial charge in [0.05, 0.1) is 12.0 Å². The molecule has 2 aliphatic rings. The largest absolute Gasteiger partial charge is 0.486 e. The van der Waals surface area contributed by atoms with Crippen molar-refractivity contribution >= 4 is 22.7 Å². The Bertz CT molecular complexity index is 1230. The second kappa shape index (κ2) is 6.83. The van der Waals surface area contributed by atoms with Crippen LogP contribution in [0.15, 0.2) is 57.7 Å². The first-order valence-corrected chi connectivity index (χ1v) is 10.1. The minimum Gasteiger partial charge on any atom is -0.486 e. The summed E-state index contributed by atoms with van der Waals surface area (Å²) in [6, 6.07) is 14.4. The average Bonchev–Trinajstić information content (AvgIpc) is 2.74. The van der Waals surface area contributed by atoms with Gasteiger partial charge in [-0.15, -0.1) is 0 Å². The Morgan fingerprint density at radius 2 is 1.80 bits per heavy atom. The molecular weight excluding hydrogens is 382 g/mol. The zero-order chi connectivity index (χ0) is 20.9. The van der Waals surface area contributed by atoms with Crippen molar-refractivity contribution in [1.29, 1.82) is 0 Å². The number of ether oxygens (including phenoxy) is 1. The normalized spacial score (nSPS) is 17.6. The SMILES string of the molecule is Cc1ccc2c(c1)C(=O)CC1(CCN(C(=O)c3cc4ccccc4oc3=O)CC1)O2. The third kappa shape index (κ3) is 3.09. The van der Waals surface area contributed by atoms with E-state index in [9.17, 15) is 14.4 Å². The number of aryl methyl sites for hydroxylation is 1. The monoisotopic (exact) mass is 403 g/mol. The molecule has 30 heavy (non-hydrogen) atoms. The van der Waals surface area contributed by atoms with E-state index >= 15 is 0 Å². The lowest BCUT2D eigenvalue weighted by molar-refractivity contribution is -0.00580. The van der Waals surface area contributed by atoms with Crippen molar-refractivity contribution in [2.75, 3.05) is 13.1 Å². The maximum Gasteiger partial charge on any atom is 0.349 e. The van der Waals surface area contributed by atoms with E-state index in [0.29, 0.717) is 54.6 Å². The Morgan fingerprint density at radius 3 is 2.60 bits per heavy atom. The summed E-state index contributed by atoms with van der Waals surface area (Å²) in [7, 11) is 0. The van der Waals surface area contributed by atoms with Crippen LogP contribution in [0.3, 0.4) is 0 Å². The molecule has 1 saturated heterocycles. The van der Waals surface area contributed by atoms with Gasteiger partial charge in [-0.05, 0) is 31.2 Å². The fraction of sp³-hybridized carbons (Fsp3) is 0.292. The van der Waals surface area contributed by atoms with E-state index in [1.54, 1.807) is 29.2 Å². The van der Waals surface area contributed by atoms with Crippen LogP contribution in [0.4, 0.5) is 0 Å². The lowest BCUT2D eigenvalue weighted by Gasteiger charge is -2.43. The van der Waals surface area contributed by atoms with Crippen molar-refractivity contribution in [2.45, 2.75) is 31.8 Å². The molecule has 5 rings (SSSR count). The smallest absolute Gasteiger partial charge is 0.349 e. The molecule has 1 spiro atoms. The highest BCUT2D eigenvalue weighted by Gasteiger charge is 2.44. The van der Waals surface area contributed by atoms with Gasteiger partial charge in [0.25, 0.3) is 5.91 Å². The van der Waals surface area contributed by atoms with Crippen molar-refractivity contribution in [1.82, 2.24) is 4.90 Å². The maximum absolute atomic E-state index is 13.0. The van der Waals surface area contributed by atoms with Crippen molar-refractivity contribution in [2.24, 2.45) is 0 Å². The van der Waals surface area contributed by atoms with E-state index in [0.717, 1.165) is 5.56 Å². The first-order chi connectivity index (χ1) is 14.4. The summed E-state index contributed by atoms with van der Waals surface area (Å²) in [6.07, 6.45) is 1.39. The molecule has 6 heteroatoms. The van der Waals surface area contributed by atoms with Gasteiger partial charge in [0.1, 0.15) is 22.5 Å². The predicted octanol–water partition coefficient (Wildman–Crippen LogP) is 3.74. The van der Waals surface area contributed by atoms with Crippen LogP contribution in [0, 0.1) is 6.92 Å². The van der Waals surface area contributed by atoms with E-state index in [1.807, 2.05) is 31.2 Å². The van der Waals surface area contributed by atoms with E-state index in [1.165, 1.54) is 0 Å². The topological polar surface area (TPSA) is 76.8 Å². The number of fused-ring (bicyclic) bond motifs is 2. The van der Waals surface area contributed by atoms with Gasteiger partial charge in [-0.1, -0.05) is 29.8 Å². The summed E-state index contributed by atoms with van der Waals surface area (Å²) in [5.74, 6) is 0.351. The van der Waals surface area contributed by atoms with Gasteiger partial charge in [-0.3, -0.25) is 9.59 Å². The van der Waals surface area contributed by atoms with Gasteiger partial charge in [-0.25, -0.2) is 4.79 Å². The molecule has 0 N–H and O–H groups in total. The number of piperidine rings is 1. The molecule has 1 amide bonds. The number of amides is 1.